The molecule has 1 aromatic rings. The van der Waals surface area contributed by atoms with Crippen LogP contribution in [0.1, 0.15) is 18.1 Å². The quantitative estimate of drug-likeness (QED) is 0.864. The number of ether oxygens (including phenoxy) is 1. The zero-order chi connectivity index (χ0) is 13.1. The van der Waals surface area contributed by atoms with E-state index in [1.54, 1.807) is 0 Å². The number of fused-ring (bicyclic) bond motifs is 1. The Balaban J connectivity index is 1.87. The third-order valence-electron chi connectivity index (χ3n) is 3.50. The summed E-state index contributed by atoms with van der Waals surface area (Å²) >= 11 is 0. The fourth-order valence-corrected chi connectivity index (χ4v) is 2.58. The number of aryl methyl sites for hydroxylation is 1. The first-order valence-electron chi connectivity index (χ1n) is 6.73. The fraction of sp³-hybridized carbons (Fsp3) is 0.600. The van der Waals surface area contributed by atoms with E-state index in [1.165, 1.54) is 11.1 Å². The zero-order valence-electron chi connectivity index (χ0n) is 11.6. The molecule has 0 saturated heterocycles. The first-order chi connectivity index (χ1) is 8.58. The lowest BCUT2D eigenvalue weighted by Gasteiger charge is -2.23. The number of hydrogen-bond donors (Lipinski definition) is 1. The van der Waals surface area contributed by atoms with Gasteiger partial charge < -0.3 is 15.4 Å². The van der Waals surface area contributed by atoms with Crippen molar-refractivity contribution in [1.29, 1.82) is 0 Å². The molecule has 0 radical (unpaired) electrons. The van der Waals surface area contributed by atoms with Gasteiger partial charge >= 0.3 is 0 Å². The first-order valence-corrected chi connectivity index (χ1v) is 6.73. The third kappa shape index (κ3) is 3.24. The van der Waals surface area contributed by atoms with Gasteiger partial charge in [0, 0.05) is 19.5 Å². The van der Waals surface area contributed by atoms with Crippen molar-refractivity contribution in [2.75, 3.05) is 26.7 Å². The smallest absolute Gasteiger partial charge is 0.123 e. The Bertz CT molecular complexity index is 405. The van der Waals surface area contributed by atoms with Gasteiger partial charge in [0.1, 0.15) is 11.9 Å². The Hall–Kier alpha value is -1.06. The average molecular weight is 248 g/mol. The van der Waals surface area contributed by atoms with Gasteiger partial charge in [-0.15, -0.1) is 0 Å². The molecule has 18 heavy (non-hydrogen) atoms. The van der Waals surface area contributed by atoms with Gasteiger partial charge in [-0.25, -0.2) is 0 Å². The van der Waals surface area contributed by atoms with E-state index in [-0.39, 0.29) is 6.10 Å². The highest BCUT2D eigenvalue weighted by molar-refractivity contribution is 5.40. The average Bonchev–Trinajstić information content (AvgIpc) is 2.69. The van der Waals surface area contributed by atoms with Gasteiger partial charge in [-0.3, -0.25) is 0 Å². The molecule has 2 unspecified atom stereocenters. The number of rotatable bonds is 5. The molecule has 0 aliphatic carbocycles. The van der Waals surface area contributed by atoms with E-state index >= 15 is 0 Å². The Labute approximate surface area is 110 Å². The Morgan fingerprint density at radius 1 is 1.50 bits per heavy atom. The van der Waals surface area contributed by atoms with Gasteiger partial charge in [0.25, 0.3) is 0 Å². The predicted octanol–water partition coefficient (Wildman–Crippen LogP) is 1.83. The summed E-state index contributed by atoms with van der Waals surface area (Å²) < 4.78 is 5.97. The second-order valence-electron chi connectivity index (χ2n) is 5.62. The van der Waals surface area contributed by atoms with E-state index in [1.807, 2.05) is 0 Å². The van der Waals surface area contributed by atoms with E-state index in [9.17, 15) is 0 Å². The standard InChI is InChI=1S/C15H24N2O/c1-11-4-5-15-13(6-11)7-14(18-15)10-17(3)9-12(2)8-16/h4-6,12,14H,7-10,16H2,1-3H3. The van der Waals surface area contributed by atoms with Crippen molar-refractivity contribution < 1.29 is 4.74 Å². The van der Waals surface area contributed by atoms with Crippen LogP contribution in [-0.4, -0.2) is 37.7 Å². The summed E-state index contributed by atoms with van der Waals surface area (Å²) in [4.78, 5) is 2.32. The molecular weight excluding hydrogens is 224 g/mol. The number of likely N-dealkylation sites (N-methyl/N-ethyl adjacent to an activating group) is 1. The van der Waals surface area contributed by atoms with E-state index < -0.39 is 0 Å². The van der Waals surface area contributed by atoms with Crippen molar-refractivity contribution in [3.63, 3.8) is 0 Å². The molecule has 1 aromatic carbocycles. The van der Waals surface area contributed by atoms with Crippen molar-refractivity contribution in [3.8, 4) is 5.75 Å². The van der Waals surface area contributed by atoms with Crippen LogP contribution in [0.25, 0.3) is 0 Å². The zero-order valence-corrected chi connectivity index (χ0v) is 11.6. The molecule has 1 aliphatic rings. The first kappa shape index (κ1) is 13.4. The minimum atomic E-state index is 0.289. The molecule has 3 nitrogen and oxygen atoms in total. The van der Waals surface area contributed by atoms with Crippen molar-refractivity contribution in [3.05, 3.63) is 29.3 Å². The molecular formula is C15H24N2O. The summed E-state index contributed by atoms with van der Waals surface area (Å²) in [5.41, 5.74) is 8.31. The van der Waals surface area contributed by atoms with Crippen LogP contribution in [0.5, 0.6) is 5.75 Å². The summed E-state index contributed by atoms with van der Waals surface area (Å²) in [5, 5.41) is 0. The maximum Gasteiger partial charge on any atom is 0.123 e. The van der Waals surface area contributed by atoms with Crippen molar-refractivity contribution >= 4 is 0 Å². The highest BCUT2D eigenvalue weighted by atomic mass is 16.5. The largest absolute Gasteiger partial charge is 0.488 e. The summed E-state index contributed by atoms with van der Waals surface area (Å²) in [6.45, 7) is 7.06. The molecule has 2 rings (SSSR count). The molecule has 100 valence electrons. The van der Waals surface area contributed by atoms with Crippen LogP contribution < -0.4 is 10.5 Å². The number of nitrogens with two attached hydrogens (primary N) is 1. The molecule has 0 fully saturated rings. The van der Waals surface area contributed by atoms with Crippen LogP contribution >= 0.6 is 0 Å². The molecule has 0 spiro atoms. The van der Waals surface area contributed by atoms with E-state index in [0.717, 1.165) is 31.8 Å². The topological polar surface area (TPSA) is 38.5 Å². The van der Waals surface area contributed by atoms with Crippen molar-refractivity contribution in [2.24, 2.45) is 11.7 Å². The van der Waals surface area contributed by atoms with Crippen LogP contribution in [0.3, 0.4) is 0 Å². The van der Waals surface area contributed by atoms with E-state index in [0.29, 0.717) is 5.92 Å². The molecule has 2 N–H and O–H groups in total. The number of benzene rings is 1. The van der Waals surface area contributed by atoms with Gasteiger partial charge in [0.05, 0.1) is 0 Å². The highest BCUT2D eigenvalue weighted by Gasteiger charge is 2.24. The van der Waals surface area contributed by atoms with E-state index in [4.69, 9.17) is 10.5 Å². The number of nitrogens with zero attached hydrogens (tertiary/aromatic N) is 1. The fourth-order valence-electron chi connectivity index (χ4n) is 2.58. The third-order valence-corrected chi connectivity index (χ3v) is 3.50. The lowest BCUT2D eigenvalue weighted by molar-refractivity contribution is 0.159. The normalized spacial score (nSPS) is 19.7. The monoisotopic (exact) mass is 248 g/mol. The summed E-state index contributed by atoms with van der Waals surface area (Å²) in [5.74, 6) is 1.60. The Morgan fingerprint density at radius 3 is 3.00 bits per heavy atom. The van der Waals surface area contributed by atoms with Crippen LogP contribution in [0.4, 0.5) is 0 Å². The van der Waals surface area contributed by atoms with Crippen molar-refractivity contribution in [1.82, 2.24) is 4.90 Å². The van der Waals surface area contributed by atoms with Gasteiger partial charge in [-0.1, -0.05) is 24.6 Å². The molecule has 0 amide bonds. The maximum atomic E-state index is 5.97. The maximum absolute atomic E-state index is 5.97. The Morgan fingerprint density at radius 2 is 2.28 bits per heavy atom. The van der Waals surface area contributed by atoms with Gasteiger partial charge in [0.2, 0.25) is 0 Å². The molecule has 0 saturated carbocycles. The number of hydrogen-bond acceptors (Lipinski definition) is 3. The second-order valence-corrected chi connectivity index (χ2v) is 5.62. The van der Waals surface area contributed by atoms with E-state index in [2.05, 4.69) is 44.0 Å². The van der Waals surface area contributed by atoms with Crippen LogP contribution in [0, 0.1) is 12.8 Å². The van der Waals surface area contributed by atoms with Gasteiger partial charge in [-0.05, 0) is 38.1 Å². The highest BCUT2D eigenvalue weighted by Crippen LogP contribution is 2.29. The minimum absolute atomic E-state index is 0.289. The van der Waals surface area contributed by atoms with Crippen molar-refractivity contribution in [2.45, 2.75) is 26.4 Å². The minimum Gasteiger partial charge on any atom is -0.488 e. The molecule has 0 bridgehead atoms. The van der Waals surface area contributed by atoms with Crippen LogP contribution in [0.2, 0.25) is 0 Å². The predicted molar refractivity (Wildman–Crippen MR) is 75.0 cm³/mol. The molecule has 0 aromatic heterocycles. The van der Waals surface area contributed by atoms with Crippen LogP contribution in [-0.2, 0) is 6.42 Å². The summed E-state index contributed by atoms with van der Waals surface area (Å²) in [6, 6.07) is 6.44. The lowest BCUT2D eigenvalue weighted by atomic mass is 10.1. The molecule has 3 heteroatoms. The van der Waals surface area contributed by atoms with Gasteiger partial charge in [0.15, 0.2) is 0 Å². The van der Waals surface area contributed by atoms with Crippen LogP contribution in [0.15, 0.2) is 18.2 Å². The SMILES string of the molecule is Cc1ccc2c(c1)CC(CN(C)CC(C)CN)O2. The second kappa shape index (κ2) is 5.72. The summed E-state index contributed by atoms with van der Waals surface area (Å²) in [6.07, 6.45) is 1.31. The summed E-state index contributed by atoms with van der Waals surface area (Å²) in [7, 11) is 2.14. The lowest BCUT2D eigenvalue weighted by Crippen LogP contribution is -2.36. The Kier molecular flexibility index (Phi) is 4.25. The molecule has 2 atom stereocenters. The van der Waals surface area contributed by atoms with Gasteiger partial charge in [-0.2, -0.15) is 0 Å². The molecule has 1 heterocycles. The molecule has 1 aliphatic heterocycles.